The van der Waals surface area contributed by atoms with Crippen LogP contribution in [0.5, 0.6) is 5.75 Å². The summed E-state index contributed by atoms with van der Waals surface area (Å²) in [6.07, 6.45) is 3.16. The van der Waals surface area contributed by atoms with Gasteiger partial charge in [0.05, 0.1) is 6.61 Å². The molecule has 1 saturated heterocycles. The Balaban J connectivity index is 1.91. The molecule has 1 heterocycles. The molecule has 1 aliphatic heterocycles. The third-order valence-corrected chi connectivity index (χ3v) is 3.58. The van der Waals surface area contributed by atoms with Gasteiger partial charge in [0, 0.05) is 25.3 Å². The van der Waals surface area contributed by atoms with Gasteiger partial charge >= 0.3 is 0 Å². The van der Waals surface area contributed by atoms with E-state index in [1.165, 1.54) is 6.07 Å². The fourth-order valence-corrected chi connectivity index (χ4v) is 2.35. The molecule has 3 nitrogen and oxygen atoms in total. The van der Waals surface area contributed by atoms with Crippen molar-refractivity contribution in [3.63, 3.8) is 0 Å². The standard InChI is InChI=1S/C16H24FNO2/c1-2-7-18-11-14-10-15(17)3-4-16(14)20-12-13-5-8-19-9-6-13/h3-4,10,13,18H,2,5-9,11-12H2,1H3. The topological polar surface area (TPSA) is 30.5 Å². The number of benzene rings is 1. The predicted molar refractivity (Wildman–Crippen MR) is 77.4 cm³/mol. The molecule has 0 aromatic heterocycles. The van der Waals surface area contributed by atoms with Crippen LogP contribution >= 0.6 is 0 Å². The van der Waals surface area contributed by atoms with Crippen molar-refractivity contribution in [1.29, 1.82) is 0 Å². The molecule has 1 aromatic carbocycles. The minimum Gasteiger partial charge on any atom is -0.493 e. The van der Waals surface area contributed by atoms with Crippen molar-refractivity contribution < 1.29 is 13.9 Å². The van der Waals surface area contributed by atoms with Crippen LogP contribution in [-0.2, 0) is 11.3 Å². The number of ether oxygens (including phenoxy) is 2. The van der Waals surface area contributed by atoms with E-state index in [1.807, 2.05) is 0 Å². The predicted octanol–water partition coefficient (Wildman–Crippen LogP) is 3.13. The van der Waals surface area contributed by atoms with Crippen molar-refractivity contribution in [2.75, 3.05) is 26.4 Å². The van der Waals surface area contributed by atoms with Crippen molar-refractivity contribution in [2.45, 2.75) is 32.7 Å². The Kier molecular flexibility index (Phi) is 6.27. The van der Waals surface area contributed by atoms with E-state index < -0.39 is 0 Å². The summed E-state index contributed by atoms with van der Waals surface area (Å²) in [4.78, 5) is 0. The first-order valence-corrected chi connectivity index (χ1v) is 7.49. The third-order valence-electron chi connectivity index (χ3n) is 3.58. The zero-order chi connectivity index (χ0) is 14.2. The van der Waals surface area contributed by atoms with Crippen molar-refractivity contribution in [3.05, 3.63) is 29.6 Å². The summed E-state index contributed by atoms with van der Waals surface area (Å²) in [6, 6.07) is 4.75. The van der Waals surface area contributed by atoms with Gasteiger partial charge in [-0.15, -0.1) is 0 Å². The van der Waals surface area contributed by atoms with Crippen LogP contribution in [0.3, 0.4) is 0 Å². The van der Waals surface area contributed by atoms with Crippen LogP contribution in [0, 0.1) is 11.7 Å². The van der Waals surface area contributed by atoms with Crippen LogP contribution in [-0.4, -0.2) is 26.4 Å². The Bertz CT molecular complexity index is 405. The average molecular weight is 281 g/mol. The second-order valence-corrected chi connectivity index (χ2v) is 5.30. The fraction of sp³-hybridized carbons (Fsp3) is 0.625. The summed E-state index contributed by atoms with van der Waals surface area (Å²) in [5.74, 6) is 1.13. The van der Waals surface area contributed by atoms with Gasteiger partial charge in [0.1, 0.15) is 11.6 Å². The van der Waals surface area contributed by atoms with Crippen LogP contribution in [0.4, 0.5) is 4.39 Å². The Morgan fingerprint density at radius 3 is 2.90 bits per heavy atom. The lowest BCUT2D eigenvalue weighted by molar-refractivity contribution is 0.0496. The summed E-state index contributed by atoms with van der Waals surface area (Å²) in [5, 5.41) is 3.29. The van der Waals surface area contributed by atoms with Crippen LogP contribution in [0.25, 0.3) is 0 Å². The Hall–Kier alpha value is -1.13. The summed E-state index contributed by atoms with van der Waals surface area (Å²) in [6.45, 7) is 6.02. The summed E-state index contributed by atoms with van der Waals surface area (Å²) >= 11 is 0. The molecule has 0 bridgehead atoms. The van der Waals surface area contributed by atoms with Crippen molar-refractivity contribution in [1.82, 2.24) is 5.32 Å². The van der Waals surface area contributed by atoms with E-state index in [2.05, 4.69) is 12.2 Å². The molecule has 0 saturated carbocycles. The zero-order valence-corrected chi connectivity index (χ0v) is 12.2. The maximum absolute atomic E-state index is 13.4. The van der Waals surface area contributed by atoms with Crippen molar-refractivity contribution in [2.24, 2.45) is 5.92 Å². The number of nitrogens with one attached hydrogen (secondary N) is 1. The van der Waals surface area contributed by atoms with E-state index in [-0.39, 0.29) is 5.82 Å². The first-order valence-electron chi connectivity index (χ1n) is 7.49. The van der Waals surface area contributed by atoms with E-state index in [1.54, 1.807) is 12.1 Å². The van der Waals surface area contributed by atoms with Gasteiger partial charge in [-0.2, -0.15) is 0 Å². The maximum atomic E-state index is 13.4. The van der Waals surface area contributed by atoms with Gasteiger partial charge in [0.25, 0.3) is 0 Å². The van der Waals surface area contributed by atoms with Gasteiger partial charge < -0.3 is 14.8 Å². The number of hydrogen-bond acceptors (Lipinski definition) is 3. The second kappa shape index (κ2) is 8.22. The van der Waals surface area contributed by atoms with Crippen LogP contribution in [0.2, 0.25) is 0 Å². The monoisotopic (exact) mass is 281 g/mol. The molecule has 0 atom stereocenters. The summed E-state index contributed by atoms with van der Waals surface area (Å²) < 4.78 is 24.6. The highest BCUT2D eigenvalue weighted by molar-refractivity contribution is 5.34. The normalized spacial score (nSPS) is 16.3. The molecule has 1 N–H and O–H groups in total. The number of rotatable bonds is 7. The van der Waals surface area contributed by atoms with Gasteiger partial charge in [-0.1, -0.05) is 6.92 Å². The largest absolute Gasteiger partial charge is 0.493 e. The molecule has 1 aromatic rings. The molecular weight excluding hydrogens is 257 g/mol. The van der Waals surface area contributed by atoms with Gasteiger partial charge in [0.15, 0.2) is 0 Å². The lowest BCUT2D eigenvalue weighted by Gasteiger charge is -2.22. The molecule has 112 valence electrons. The minimum atomic E-state index is -0.211. The van der Waals surface area contributed by atoms with Crippen LogP contribution in [0.15, 0.2) is 18.2 Å². The van der Waals surface area contributed by atoms with E-state index >= 15 is 0 Å². The van der Waals surface area contributed by atoms with Crippen LogP contribution < -0.4 is 10.1 Å². The van der Waals surface area contributed by atoms with Crippen molar-refractivity contribution in [3.8, 4) is 5.75 Å². The SMILES string of the molecule is CCCNCc1cc(F)ccc1OCC1CCOCC1. The Morgan fingerprint density at radius 1 is 1.35 bits per heavy atom. The number of halogens is 1. The molecule has 0 aliphatic carbocycles. The smallest absolute Gasteiger partial charge is 0.123 e. The second-order valence-electron chi connectivity index (χ2n) is 5.30. The molecule has 1 fully saturated rings. The zero-order valence-electron chi connectivity index (χ0n) is 12.2. The highest BCUT2D eigenvalue weighted by Crippen LogP contribution is 2.22. The molecule has 20 heavy (non-hydrogen) atoms. The molecule has 0 spiro atoms. The fourth-order valence-electron chi connectivity index (χ4n) is 2.35. The number of hydrogen-bond donors (Lipinski definition) is 1. The van der Waals surface area contributed by atoms with E-state index in [0.717, 1.165) is 50.3 Å². The quantitative estimate of drug-likeness (QED) is 0.779. The van der Waals surface area contributed by atoms with E-state index in [4.69, 9.17) is 9.47 Å². The summed E-state index contributed by atoms with van der Waals surface area (Å²) in [5.41, 5.74) is 0.894. The van der Waals surface area contributed by atoms with Gasteiger partial charge in [-0.3, -0.25) is 0 Å². The third kappa shape index (κ3) is 4.76. The van der Waals surface area contributed by atoms with Crippen LogP contribution in [0.1, 0.15) is 31.7 Å². The lowest BCUT2D eigenvalue weighted by Crippen LogP contribution is -2.22. The Morgan fingerprint density at radius 2 is 2.15 bits per heavy atom. The highest BCUT2D eigenvalue weighted by atomic mass is 19.1. The first kappa shape index (κ1) is 15.3. The van der Waals surface area contributed by atoms with Gasteiger partial charge in [-0.25, -0.2) is 4.39 Å². The van der Waals surface area contributed by atoms with E-state index in [9.17, 15) is 4.39 Å². The van der Waals surface area contributed by atoms with Gasteiger partial charge in [0.2, 0.25) is 0 Å². The highest BCUT2D eigenvalue weighted by Gasteiger charge is 2.15. The van der Waals surface area contributed by atoms with E-state index in [0.29, 0.717) is 19.1 Å². The molecule has 0 amide bonds. The molecule has 2 rings (SSSR count). The maximum Gasteiger partial charge on any atom is 0.123 e. The first-order chi connectivity index (χ1) is 9.79. The Labute approximate surface area is 120 Å². The molecule has 0 unspecified atom stereocenters. The summed E-state index contributed by atoms with van der Waals surface area (Å²) in [7, 11) is 0. The molecule has 1 aliphatic rings. The molecular formula is C16H24FNO2. The minimum absolute atomic E-state index is 0.211. The van der Waals surface area contributed by atoms with Gasteiger partial charge in [-0.05, 0) is 49.9 Å². The molecule has 4 heteroatoms. The lowest BCUT2D eigenvalue weighted by atomic mass is 10.0. The molecule has 0 radical (unpaired) electrons. The average Bonchev–Trinajstić information content (AvgIpc) is 2.48. The van der Waals surface area contributed by atoms with Crippen molar-refractivity contribution >= 4 is 0 Å².